The lowest BCUT2D eigenvalue weighted by atomic mass is 10.3. The van der Waals surface area contributed by atoms with Crippen LogP contribution in [-0.4, -0.2) is 45.3 Å². The smallest absolute Gasteiger partial charge is 0.319 e. The fraction of sp³-hybridized carbons (Fsp3) is 0.333. The summed E-state index contributed by atoms with van der Waals surface area (Å²) in [6.45, 7) is 5.30. The number of urea groups is 1. The Morgan fingerprint density at radius 3 is 2.35 bits per heavy atom. The number of rotatable bonds is 9. The Labute approximate surface area is 142 Å². The van der Waals surface area contributed by atoms with Crippen molar-refractivity contribution < 1.29 is 14.3 Å². The molecular formula is C15H23ClN4O3. The van der Waals surface area contributed by atoms with Crippen LogP contribution in [0.2, 0.25) is 0 Å². The molecule has 1 rings (SSSR count). The van der Waals surface area contributed by atoms with Crippen molar-refractivity contribution >= 4 is 35.7 Å². The number of methoxy groups -OCH3 is 1. The van der Waals surface area contributed by atoms with E-state index in [1.54, 1.807) is 37.5 Å². The van der Waals surface area contributed by atoms with E-state index in [-0.39, 0.29) is 30.9 Å². The third-order valence-corrected chi connectivity index (χ3v) is 2.60. The molecule has 7 nitrogen and oxygen atoms in total. The average Bonchev–Trinajstić information content (AvgIpc) is 2.51. The lowest BCUT2D eigenvalue weighted by molar-refractivity contribution is -0.115. The van der Waals surface area contributed by atoms with Gasteiger partial charge in [-0.25, -0.2) is 4.79 Å². The van der Waals surface area contributed by atoms with E-state index in [0.717, 1.165) is 0 Å². The van der Waals surface area contributed by atoms with Gasteiger partial charge >= 0.3 is 6.03 Å². The molecule has 0 spiro atoms. The zero-order valence-corrected chi connectivity index (χ0v) is 13.9. The molecule has 1 aromatic carbocycles. The van der Waals surface area contributed by atoms with Gasteiger partial charge < -0.3 is 26.0 Å². The van der Waals surface area contributed by atoms with Crippen molar-refractivity contribution in [3.05, 3.63) is 36.9 Å². The summed E-state index contributed by atoms with van der Waals surface area (Å²) < 4.78 is 4.87. The molecule has 0 unspecified atom stereocenters. The molecule has 0 aliphatic rings. The lowest BCUT2D eigenvalue weighted by Crippen LogP contribution is -2.30. The molecule has 128 valence electrons. The van der Waals surface area contributed by atoms with Gasteiger partial charge in [0.2, 0.25) is 5.91 Å². The number of halogens is 1. The zero-order valence-electron chi connectivity index (χ0n) is 13.1. The van der Waals surface area contributed by atoms with E-state index in [4.69, 9.17) is 4.74 Å². The van der Waals surface area contributed by atoms with E-state index in [9.17, 15) is 9.59 Å². The van der Waals surface area contributed by atoms with Crippen molar-refractivity contribution in [1.82, 2.24) is 10.6 Å². The Kier molecular flexibility index (Phi) is 11.3. The molecule has 0 saturated carbocycles. The predicted octanol–water partition coefficient (Wildman–Crippen LogP) is 1.59. The average molecular weight is 343 g/mol. The number of nitrogens with one attached hydrogen (secondary N) is 4. The summed E-state index contributed by atoms with van der Waals surface area (Å²) in [6, 6.07) is 6.55. The molecule has 1 aromatic rings. The molecular weight excluding hydrogens is 320 g/mol. The summed E-state index contributed by atoms with van der Waals surface area (Å²) in [5, 5.41) is 11.0. The summed E-state index contributed by atoms with van der Waals surface area (Å²) in [4.78, 5) is 23.1. The van der Waals surface area contributed by atoms with Gasteiger partial charge in [-0.15, -0.1) is 19.0 Å². The van der Waals surface area contributed by atoms with Crippen LogP contribution in [0.25, 0.3) is 0 Å². The van der Waals surface area contributed by atoms with Gasteiger partial charge in [0, 0.05) is 31.6 Å². The number of hydrogen-bond acceptors (Lipinski definition) is 4. The Morgan fingerprint density at radius 2 is 1.78 bits per heavy atom. The Morgan fingerprint density at radius 1 is 1.17 bits per heavy atom. The van der Waals surface area contributed by atoms with Gasteiger partial charge in [-0.1, -0.05) is 6.08 Å². The minimum Gasteiger partial charge on any atom is -0.383 e. The highest BCUT2D eigenvalue weighted by atomic mass is 35.5. The maximum Gasteiger partial charge on any atom is 0.319 e. The topological polar surface area (TPSA) is 91.5 Å². The van der Waals surface area contributed by atoms with Gasteiger partial charge in [-0.05, 0) is 24.3 Å². The fourth-order valence-electron chi connectivity index (χ4n) is 1.56. The molecule has 0 bridgehead atoms. The van der Waals surface area contributed by atoms with Crippen molar-refractivity contribution in [2.45, 2.75) is 0 Å². The summed E-state index contributed by atoms with van der Waals surface area (Å²) in [6.07, 6.45) is 1.60. The van der Waals surface area contributed by atoms with E-state index < -0.39 is 0 Å². The monoisotopic (exact) mass is 342 g/mol. The summed E-state index contributed by atoms with van der Waals surface area (Å²) in [5.74, 6) is -0.138. The number of anilines is 2. The van der Waals surface area contributed by atoms with Crippen LogP contribution in [0.3, 0.4) is 0 Å². The third-order valence-electron chi connectivity index (χ3n) is 2.60. The van der Waals surface area contributed by atoms with Gasteiger partial charge in [-0.2, -0.15) is 0 Å². The Bertz CT molecular complexity index is 494. The van der Waals surface area contributed by atoms with Crippen LogP contribution in [0.5, 0.6) is 0 Å². The minimum atomic E-state index is -0.306. The second kappa shape index (κ2) is 12.5. The Hall–Kier alpha value is -2.09. The Balaban J connectivity index is 0.00000484. The number of hydrogen-bond donors (Lipinski definition) is 4. The van der Waals surface area contributed by atoms with Gasteiger partial charge in [-0.3, -0.25) is 4.79 Å². The predicted molar refractivity (Wildman–Crippen MR) is 94.3 cm³/mol. The molecule has 4 N–H and O–H groups in total. The van der Waals surface area contributed by atoms with Gasteiger partial charge in [0.05, 0.1) is 13.2 Å². The molecule has 0 saturated heterocycles. The summed E-state index contributed by atoms with van der Waals surface area (Å²) in [5.41, 5.74) is 1.30. The second-order valence-corrected chi connectivity index (χ2v) is 4.42. The lowest BCUT2D eigenvalue weighted by Gasteiger charge is -2.09. The molecule has 8 heteroatoms. The molecule has 23 heavy (non-hydrogen) atoms. The first-order valence-corrected chi connectivity index (χ1v) is 6.91. The normalized spacial score (nSPS) is 9.43. The second-order valence-electron chi connectivity index (χ2n) is 4.42. The van der Waals surface area contributed by atoms with Crippen molar-refractivity contribution in [3.8, 4) is 0 Å². The van der Waals surface area contributed by atoms with Crippen LogP contribution in [0.4, 0.5) is 16.2 Å². The van der Waals surface area contributed by atoms with Crippen LogP contribution in [-0.2, 0) is 9.53 Å². The molecule has 0 fully saturated rings. The van der Waals surface area contributed by atoms with Crippen molar-refractivity contribution in [1.29, 1.82) is 0 Å². The molecule has 0 heterocycles. The standard InChI is InChI=1S/C15H22N4O3.ClH/c1-3-8-17-15(21)19-13-6-4-12(5-7-13)18-14(20)11-16-9-10-22-2;/h3-7,16H,1,8-11H2,2H3,(H,18,20)(H2,17,19,21);1H. The number of carbonyl (C=O) groups excluding carboxylic acids is 2. The summed E-state index contributed by atoms with van der Waals surface area (Å²) >= 11 is 0. The van der Waals surface area contributed by atoms with Crippen LogP contribution in [0.15, 0.2) is 36.9 Å². The first kappa shape index (κ1) is 20.9. The van der Waals surface area contributed by atoms with Gasteiger partial charge in [0.15, 0.2) is 0 Å². The molecule has 0 atom stereocenters. The zero-order chi connectivity index (χ0) is 16.2. The van der Waals surface area contributed by atoms with Crippen molar-refractivity contribution in [3.63, 3.8) is 0 Å². The first-order valence-electron chi connectivity index (χ1n) is 6.91. The van der Waals surface area contributed by atoms with Crippen LogP contribution in [0, 0.1) is 0 Å². The van der Waals surface area contributed by atoms with E-state index in [1.165, 1.54) is 0 Å². The minimum absolute atomic E-state index is 0. The number of benzene rings is 1. The van der Waals surface area contributed by atoms with Crippen LogP contribution >= 0.6 is 12.4 Å². The number of carbonyl (C=O) groups is 2. The molecule has 0 aromatic heterocycles. The van der Waals surface area contributed by atoms with E-state index in [2.05, 4.69) is 27.8 Å². The van der Waals surface area contributed by atoms with E-state index >= 15 is 0 Å². The maximum absolute atomic E-state index is 11.7. The van der Waals surface area contributed by atoms with Crippen molar-refractivity contribution in [2.75, 3.05) is 44.0 Å². The summed E-state index contributed by atoms with van der Waals surface area (Å²) in [7, 11) is 1.61. The van der Waals surface area contributed by atoms with Crippen molar-refractivity contribution in [2.24, 2.45) is 0 Å². The van der Waals surface area contributed by atoms with Gasteiger partial charge in [0.25, 0.3) is 0 Å². The van der Waals surface area contributed by atoms with Crippen LogP contribution in [0.1, 0.15) is 0 Å². The number of amides is 3. The number of ether oxygens (including phenoxy) is 1. The highest BCUT2D eigenvalue weighted by Crippen LogP contribution is 2.13. The first-order chi connectivity index (χ1) is 10.7. The SMILES string of the molecule is C=CCNC(=O)Nc1ccc(NC(=O)CNCCOC)cc1.Cl. The van der Waals surface area contributed by atoms with Crippen LogP contribution < -0.4 is 21.3 Å². The van der Waals surface area contributed by atoms with Gasteiger partial charge in [0.1, 0.15) is 0 Å². The quantitative estimate of drug-likeness (QED) is 0.405. The molecule has 3 amide bonds. The molecule has 0 aliphatic carbocycles. The highest BCUT2D eigenvalue weighted by molar-refractivity contribution is 5.93. The molecule has 0 radical (unpaired) electrons. The largest absolute Gasteiger partial charge is 0.383 e. The van der Waals surface area contributed by atoms with E-state index in [1.807, 2.05) is 0 Å². The molecule has 0 aliphatic heterocycles. The fourth-order valence-corrected chi connectivity index (χ4v) is 1.56. The van der Waals surface area contributed by atoms with E-state index in [0.29, 0.717) is 31.1 Å². The third kappa shape index (κ3) is 9.51. The highest BCUT2D eigenvalue weighted by Gasteiger charge is 2.03. The maximum atomic E-state index is 11.7.